The van der Waals surface area contributed by atoms with Gasteiger partial charge in [-0.15, -0.1) is 0 Å². The van der Waals surface area contributed by atoms with Gasteiger partial charge in [-0.3, -0.25) is 0 Å². The molecule has 0 aliphatic carbocycles. The monoisotopic (exact) mass is 291 g/mol. The Morgan fingerprint density at radius 2 is 1.57 bits per heavy atom. The van der Waals surface area contributed by atoms with Crippen LogP contribution in [-0.4, -0.2) is 14.2 Å². The minimum Gasteiger partial charge on any atom is -0.494 e. The highest BCUT2D eigenvalue weighted by atomic mass is 19.1. The minimum absolute atomic E-state index is 0.0659. The standard InChI is InChI=1S/C16H18FNO3/c1-19-13-7-4-6-12(15(13)17)10-21-16-11(9-18)5-3-8-14(16)20-2/h3-8H,9-10,18H2,1-2H3. The van der Waals surface area contributed by atoms with Gasteiger partial charge in [-0.25, -0.2) is 4.39 Å². The molecule has 2 rings (SSSR count). The average molecular weight is 291 g/mol. The fourth-order valence-corrected chi connectivity index (χ4v) is 2.02. The van der Waals surface area contributed by atoms with Gasteiger partial charge >= 0.3 is 0 Å². The molecule has 0 bridgehead atoms. The van der Waals surface area contributed by atoms with E-state index in [9.17, 15) is 4.39 Å². The van der Waals surface area contributed by atoms with Crippen LogP contribution in [0.2, 0.25) is 0 Å². The molecule has 0 radical (unpaired) electrons. The Hall–Kier alpha value is -2.27. The second-order valence-corrected chi connectivity index (χ2v) is 4.37. The maximum atomic E-state index is 14.1. The molecule has 0 aliphatic rings. The Kier molecular flexibility index (Phi) is 5.00. The number of para-hydroxylation sites is 1. The Labute approximate surface area is 123 Å². The van der Waals surface area contributed by atoms with Crippen LogP contribution < -0.4 is 19.9 Å². The summed E-state index contributed by atoms with van der Waals surface area (Å²) in [5, 5.41) is 0. The molecule has 21 heavy (non-hydrogen) atoms. The number of halogens is 1. The summed E-state index contributed by atoms with van der Waals surface area (Å²) in [4.78, 5) is 0. The zero-order valence-corrected chi connectivity index (χ0v) is 12.1. The molecule has 2 aromatic rings. The van der Waals surface area contributed by atoms with Crippen molar-refractivity contribution in [1.29, 1.82) is 0 Å². The molecule has 0 aromatic heterocycles. The van der Waals surface area contributed by atoms with Gasteiger partial charge in [0, 0.05) is 17.7 Å². The number of hydrogen-bond donors (Lipinski definition) is 1. The summed E-state index contributed by atoms with van der Waals surface area (Å²) >= 11 is 0. The van der Waals surface area contributed by atoms with Crippen LogP contribution in [0.1, 0.15) is 11.1 Å². The predicted octanol–water partition coefficient (Wildman–Crippen LogP) is 2.88. The predicted molar refractivity (Wildman–Crippen MR) is 78.2 cm³/mol. The number of benzene rings is 2. The van der Waals surface area contributed by atoms with E-state index < -0.39 is 5.82 Å². The lowest BCUT2D eigenvalue weighted by Gasteiger charge is -2.15. The van der Waals surface area contributed by atoms with Gasteiger partial charge in [-0.05, 0) is 12.1 Å². The van der Waals surface area contributed by atoms with E-state index in [0.717, 1.165) is 5.56 Å². The van der Waals surface area contributed by atoms with E-state index in [0.29, 0.717) is 23.6 Å². The Bertz CT molecular complexity index is 594. The van der Waals surface area contributed by atoms with E-state index in [1.165, 1.54) is 7.11 Å². The molecular formula is C16H18FNO3. The molecule has 0 saturated heterocycles. The molecule has 0 spiro atoms. The van der Waals surface area contributed by atoms with Gasteiger partial charge in [0.2, 0.25) is 0 Å². The van der Waals surface area contributed by atoms with Crippen LogP contribution in [0.3, 0.4) is 0 Å². The largest absolute Gasteiger partial charge is 0.494 e. The lowest BCUT2D eigenvalue weighted by atomic mass is 10.1. The molecule has 0 saturated carbocycles. The molecule has 0 unspecified atom stereocenters. The van der Waals surface area contributed by atoms with Gasteiger partial charge in [0.15, 0.2) is 23.1 Å². The lowest BCUT2D eigenvalue weighted by molar-refractivity contribution is 0.274. The van der Waals surface area contributed by atoms with Gasteiger partial charge in [0.25, 0.3) is 0 Å². The molecule has 2 aromatic carbocycles. The van der Waals surface area contributed by atoms with Crippen molar-refractivity contribution < 1.29 is 18.6 Å². The van der Waals surface area contributed by atoms with Crippen molar-refractivity contribution in [2.75, 3.05) is 14.2 Å². The molecule has 0 atom stereocenters. The van der Waals surface area contributed by atoms with Crippen LogP contribution in [0, 0.1) is 5.82 Å². The summed E-state index contributed by atoms with van der Waals surface area (Å²) in [7, 11) is 2.98. The van der Waals surface area contributed by atoms with E-state index >= 15 is 0 Å². The molecule has 0 heterocycles. The Balaban J connectivity index is 2.24. The van der Waals surface area contributed by atoms with E-state index in [4.69, 9.17) is 19.9 Å². The van der Waals surface area contributed by atoms with E-state index in [-0.39, 0.29) is 12.4 Å². The van der Waals surface area contributed by atoms with Crippen molar-refractivity contribution in [3.8, 4) is 17.2 Å². The third kappa shape index (κ3) is 3.25. The highest BCUT2D eigenvalue weighted by molar-refractivity contribution is 5.46. The van der Waals surface area contributed by atoms with Crippen LogP contribution in [0.5, 0.6) is 17.2 Å². The number of hydrogen-bond acceptors (Lipinski definition) is 4. The minimum atomic E-state index is -0.427. The van der Waals surface area contributed by atoms with Gasteiger partial charge in [-0.1, -0.05) is 24.3 Å². The van der Waals surface area contributed by atoms with Crippen LogP contribution in [0.15, 0.2) is 36.4 Å². The third-order valence-corrected chi connectivity index (χ3v) is 3.14. The molecule has 112 valence electrons. The molecule has 5 heteroatoms. The Morgan fingerprint density at radius 1 is 0.952 bits per heavy atom. The summed E-state index contributed by atoms with van der Waals surface area (Å²) in [5.74, 6) is 0.866. The molecule has 4 nitrogen and oxygen atoms in total. The quantitative estimate of drug-likeness (QED) is 0.889. The highest BCUT2D eigenvalue weighted by Crippen LogP contribution is 2.32. The first-order valence-corrected chi connectivity index (χ1v) is 6.51. The zero-order chi connectivity index (χ0) is 15.2. The molecule has 2 N–H and O–H groups in total. The van der Waals surface area contributed by atoms with Crippen molar-refractivity contribution in [1.82, 2.24) is 0 Å². The fourth-order valence-electron chi connectivity index (χ4n) is 2.02. The van der Waals surface area contributed by atoms with E-state index in [1.807, 2.05) is 12.1 Å². The maximum Gasteiger partial charge on any atom is 0.171 e. The number of nitrogens with two attached hydrogens (primary N) is 1. The summed E-state index contributed by atoms with van der Waals surface area (Å²) in [6.45, 7) is 0.379. The Morgan fingerprint density at radius 3 is 2.19 bits per heavy atom. The smallest absolute Gasteiger partial charge is 0.171 e. The van der Waals surface area contributed by atoms with E-state index in [1.54, 1.807) is 31.4 Å². The first kappa shape index (κ1) is 15.1. The van der Waals surface area contributed by atoms with Gasteiger partial charge in [0.05, 0.1) is 14.2 Å². The van der Waals surface area contributed by atoms with Crippen LogP contribution >= 0.6 is 0 Å². The van der Waals surface area contributed by atoms with Gasteiger partial charge in [-0.2, -0.15) is 0 Å². The molecule has 0 amide bonds. The molecular weight excluding hydrogens is 273 g/mol. The zero-order valence-electron chi connectivity index (χ0n) is 12.1. The average Bonchev–Trinajstić information content (AvgIpc) is 2.53. The fraction of sp³-hybridized carbons (Fsp3) is 0.250. The maximum absolute atomic E-state index is 14.1. The normalized spacial score (nSPS) is 10.3. The summed E-state index contributed by atoms with van der Waals surface area (Å²) in [6, 6.07) is 10.4. The third-order valence-electron chi connectivity index (χ3n) is 3.14. The van der Waals surface area contributed by atoms with Crippen molar-refractivity contribution >= 4 is 0 Å². The van der Waals surface area contributed by atoms with E-state index in [2.05, 4.69) is 0 Å². The first-order valence-electron chi connectivity index (χ1n) is 6.51. The number of methoxy groups -OCH3 is 2. The second-order valence-electron chi connectivity index (χ2n) is 4.37. The highest BCUT2D eigenvalue weighted by Gasteiger charge is 2.13. The summed E-state index contributed by atoms with van der Waals surface area (Å²) < 4.78 is 30.0. The van der Waals surface area contributed by atoms with Crippen LogP contribution in [0.25, 0.3) is 0 Å². The SMILES string of the molecule is COc1cccc(COc2c(CN)cccc2OC)c1F. The van der Waals surface area contributed by atoms with Gasteiger partial charge < -0.3 is 19.9 Å². The van der Waals surface area contributed by atoms with Crippen molar-refractivity contribution in [3.63, 3.8) is 0 Å². The molecule has 0 aliphatic heterocycles. The van der Waals surface area contributed by atoms with Crippen LogP contribution in [0.4, 0.5) is 4.39 Å². The van der Waals surface area contributed by atoms with Crippen molar-refractivity contribution in [2.24, 2.45) is 5.73 Å². The lowest BCUT2D eigenvalue weighted by Crippen LogP contribution is -2.06. The first-order chi connectivity index (χ1) is 10.2. The molecule has 0 fully saturated rings. The van der Waals surface area contributed by atoms with Gasteiger partial charge in [0.1, 0.15) is 6.61 Å². The number of ether oxygens (including phenoxy) is 3. The number of rotatable bonds is 6. The van der Waals surface area contributed by atoms with Crippen LogP contribution in [-0.2, 0) is 13.2 Å². The van der Waals surface area contributed by atoms with Crippen molar-refractivity contribution in [3.05, 3.63) is 53.3 Å². The van der Waals surface area contributed by atoms with Crippen molar-refractivity contribution in [2.45, 2.75) is 13.2 Å². The summed E-state index contributed by atoms with van der Waals surface area (Å²) in [5.41, 5.74) is 6.90. The topological polar surface area (TPSA) is 53.7 Å². The summed E-state index contributed by atoms with van der Waals surface area (Å²) in [6.07, 6.45) is 0. The second kappa shape index (κ2) is 6.95.